The maximum absolute atomic E-state index is 12.2. The molecular weight excluding hydrogens is 418 g/mol. The average Bonchev–Trinajstić information content (AvgIpc) is 2.74. The Kier molecular flexibility index (Phi) is 7.20. The van der Waals surface area contributed by atoms with Crippen LogP contribution in [-0.2, 0) is 11.2 Å². The molecule has 0 N–H and O–H groups in total. The smallest absolute Gasteiger partial charge is 0.177 e. The van der Waals surface area contributed by atoms with E-state index >= 15 is 0 Å². The summed E-state index contributed by atoms with van der Waals surface area (Å²) in [6.45, 7) is 0.112. The Hall–Kier alpha value is -2.66. The van der Waals surface area contributed by atoms with Gasteiger partial charge in [0.15, 0.2) is 5.78 Å². The van der Waals surface area contributed by atoms with Gasteiger partial charge in [0.05, 0.1) is 25.4 Å². The van der Waals surface area contributed by atoms with Crippen molar-refractivity contribution in [2.75, 3.05) is 13.7 Å². The van der Waals surface area contributed by atoms with E-state index in [1.54, 1.807) is 19.5 Å². The van der Waals surface area contributed by atoms with Gasteiger partial charge in [-0.05, 0) is 30.5 Å². The SMILES string of the molecule is Brc1ccccc1.COc1cncc2c1[C@H](CCc1ccccc1)C(=O)CO2. The number of halogens is 1. The number of fused-ring (bicyclic) bond motifs is 1. The van der Waals surface area contributed by atoms with Gasteiger partial charge in [0.1, 0.15) is 18.1 Å². The second-order valence-electron chi connectivity index (χ2n) is 6.38. The maximum Gasteiger partial charge on any atom is 0.177 e. The molecular formula is C23H22BrNO3. The molecule has 0 bridgehead atoms. The van der Waals surface area contributed by atoms with Crippen LogP contribution < -0.4 is 9.47 Å². The van der Waals surface area contributed by atoms with Crippen LogP contribution in [0.3, 0.4) is 0 Å². The molecule has 0 amide bonds. The van der Waals surface area contributed by atoms with Gasteiger partial charge in [0.2, 0.25) is 0 Å². The minimum absolute atomic E-state index is 0.0999. The molecule has 0 aliphatic carbocycles. The lowest BCUT2D eigenvalue weighted by molar-refractivity contribution is -0.123. The fraction of sp³-hybridized carbons (Fsp3) is 0.217. The van der Waals surface area contributed by atoms with Crippen molar-refractivity contribution in [3.63, 3.8) is 0 Å². The summed E-state index contributed by atoms with van der Waals surface area (Å²) in [5.74, 6) is 1.19. The highest BCUT2D eigenvalue weighted by molar-refractivity contribution is 9.10. The lowest BCUT2D eigenvalue weighted by Crippen LogP contribution is -2.27. The highest BCUT2D eigenvalue weighted by Gasteiger charge is 2.32. The van der Waals surface area contributed by atoms with Crippen molar-refractivity contribution in [2.24, 2.45) is 0 Å². The van der Waals surface area contributed by atoms with Gasteiger partial charge < -0.3 is 9.47 Å². The normalized spacial score (nSPS) is 14.9. The largest absolute Gasteiger partial charge is 0.495 e. The molecule has 0 spiro atoms. The van der Waals surface area contributed by atoms with Crippen LogP contribution in [0.5, 0.6) is 11.5 Å². The molecule has 0 radical (unpaired) electrons. The number of carbonyl (C=O) groups is 1. The van der Waals surface area contributed by atoms with Crippen molar-refractivity contribution in [2.45, 2.75) is 18.8 Å². The molecule has 1 atom stereocenters. The van der Waals surface area contributed by atoms with Gasteiger partial charge in [0.25, 0.3) is 0 Å². The third-order valence-electron chi connectivity index (χ3n) is 4.54. The number of ketones is 1. The number of methoxy groups -OCH3 is 1. The van der Waals surface area contributed by atoms with E-state index in [1.807, 2.05) is 48.5 Å². The van der Waals surface area contributed by atoms with Crippen molar-refractivity contribution >= 4 is 21.7 Å². The van der Waals surface area contributed by atoms with Crippen molar-refractivity contribution in [1.82, 2.24) is 4.98 Å². The average molecular weight is 440 g/mol. The Bertz CT molecular complexity index is 886. The maximum atomic E-state index is 12.2. The summed E-state index contributed by atoms with van der Waals surface area (Å²) in [5, 5.41) is 0. The van der Waals surface area contributed by atoms with Gasteiger partial charge in [-0.25, -0.2) is 0 Å². The van der Waals surface area contributed by atoms with Crippen LogP contribution in [0.4, 0.5) is 0 Å². The summed E-state index contributed by atoms with van der Waals surface area (Å²) in [7, 11) is 1.59. The van der Waals surface area contributed by atoms with Crippen LogP contribution in [0.2, 0.25) is 0 Å². The van der Waals surface area contributed by atoms with Gasteiger partial charge in [-0.2, -0.15) is 0 Å². The molecule has 1 aromatic heterocycles. The van der Waals surface area contributed by atoms with Gasteiger partial charge in [-0.15, -0.1) is 0 Å². The zero-order chi connectivity index (χ0) is 19.8. The Balaban J connectivity index is 0.000000271. The first-order chi connectivity index (χ1) is 13.7. The van der Waals surface area contributed by atoms with Crippen LogP contribution in [0.15, 0.2) is 77.5 Å². The van der Waals surface area contributed by atoms with Crippen LogP contribution in [-0.4, -0.2) is 24.5 Å². The Morgan fingerprint density at radius 3 is 2.36 bits per heavy atom. The molecule has 3 aromatic rings. The number of aromatic nitrogens is 1. The number of hydrogen-bond acceptors (Lipinski definition) is 4. The van der Waals surface area contributed by atoms with E-state index < -0.39 is 0 Å². The van der Waals surface area contributed by atoms with Crippen LogP contribution in [0.25, 0.3) is 0 Å². The number of nitrogens with zero attached hydrogens (tertiary/aromatic N) is 1. The number of benzene rings is 2. The fourth-order valence-corrected chi connectivity index (χ4v) is 3.45. The van der Waals surface area contributed by atoms with Gasteiger partial charge in [0, 0.05) is 10.0 Å². The number of Topliss-reactive ketones (excluding diaryl/α,β-unsaturated/α-hetero) is 1. The molecule has 0 saturated carbocycles. The van der Waals surface area contributed by atoms with Crippen molar-refractivity contribution in [3.8, 4) is 11.5 Å². The second-order valence-corrected chi connectivity index (χ2v) is 7.30. The molecule has 1 aliphatic rings. The quantitative estimate of drug-likeness (QED) is 0.559. The van der Waals surface area contributed by atoms with E-state index in [1.165, 1.54) is 5.56 Å². The van der Waals surface area contributed by atoms with Gasteiger partial charge in [-0.1, -0.05) is 64.5 Å². The van der Waals surface area contributed by atoms with E-state index in [9.17, 15) is 4.79 Å². The molecule has 144 valence electrons. The summed E-state index contributed by atoms with van der Waals surface area (Å²) >= 11 is 3.31. The third-order valence-corrected chi connectivity index (χ3v) is 5.07. The molecule has 0 unspecified atom stereocenters. The highest BCUT2D eigenvalue weighted by atomic mass is 79.9. The first kappa shape index (κ1) is 20.1. The van der Waals surface area contributed by atoms with Crippen molar-refractivity contribution in [3.05, 3.63) is 88.7 Å². The third kappa shape index (κ3) is 5.20. The number of aryl methyl sites for hydroxylation is 1. The molecule has 1 aliphatic heterocycles. The lowest BCUT2D eigenvalue weighted by atomic mass is 9.87. The molecule has 5 heteroatoms. The van der Waals surface area contributed by atoms with E-state index in [0.29, 0.717) is 11.5 Å². The van der Waals surface area contributed by atoms with Crippen molar-refractivity contribution in [1.29, 1.82) is 0 Å². The summed E-state index contributed by atoms with van der Waals surface area (Å²) in [4.78, 5) is 16.3. The monoisotopic (exact) mass is 439 g/mol. The van der Waals surface area contributed by atoms with E-state index in [0.717, 1.165) is 22.9 Å². The topological polar surface area (TPSA) is 48.4 Å². The van der Waals surface area contributed by atoms with Crippen LogP contribution >= 0.6 is 15.9 Å². The Morgan fingerprint density at radius 2 is 1.75 bits per heavy atom. The minimum Gasteiger partial charge on any atom is -0.495 e. The number of carbonyl (C=O) groups excluding carboxylic acids is 1. The number of pyridine rings is 1. The molecule has 2 aromatic carbocycles. The number of rotatable bonds is 4. The lowest BCUT2D eigenvalue weighted by Gasteiger charge is -2.26. The highest BCUT2D eigenvalue weighted by Crippen LogP contribution is 2.40. The predicted molar refractivity (Wildman–Crippen MR) is 113 cm³/mol. The van der Waals surface area contributed by atoms with Crippen LogP contribution in [0.1, 0.15) is 23.5 Å². The summed E-state index contributed by atoms with van der Waals surface area (Å²) in [5.41, 5.74) is 2.06. The van der Waals surface area contributed by atoms with Gasteiger partial charge >= 0.3 is 0 Å². The summed E-state index contributed by atoms with van der Waals surface area (Å²) in [6.07, 6.45) is 4.89. The van der Waals surface area contributed by atoms with E-state index in [2.05, 4.69) is 33.0 Å². The zero-order valence-corrected chi connectivity index (χ0v) is 17.3. The van der Waals surface area contributed by atoms with Crippen molar-refractivity contribution < 1.29 is 14.3 Å². The summed E-state index contributed by atoms with van der Waals surface area (Å²) < 4.78 is 12.0. The molecule has 2 heterocycles. The molecule has 0 fully saturated rings. The minimum atomic E-state index is -0.188. The zero-order valence-electron chi connectivity index (χ0n) is 15.7. The predicted octanol–water partition coefficient (Wildman–Crippen LogP) is 5.22. The summed E-state index contributed by atoms with van der Waals surface area (Å²) in [6, 6.07) is 20.1. The first-order valence-corrected chi connectivity index (χ1v) is 9.90. The Labute approximate surface area is 173 Å². The molecule has 4 rings (SSSR count). The number of ether oxygens (including phenoxy) is 2. The second kappa shape index (κ2) is 10.0. The number of hydrogen-bond donors (Lipinski definition) is 0. The fourth-order valence-electron chi connectivity index (χ4n) is 3.14. The first-order valence-electron chi connectivity index (χ1n) is 9.11. The molecule has 0 saturated heterocycles. The van der Waals surface area contributed by atoms with E-state index in [-0.39, 0.29) is 18.3 Å². The Morgan fingerprint density at radius 1 is 1.07 bits per heavy atom. The molecule has 28 heavy (non-hydrogen) atoms. The van der Waals surface area contributed by atoms with Gasteiger partial charge in [-0.3, -0.25) is 9.78 Å². The van der Waals surface area contributed by atoms with E-state index in [4.69, 9.17) is 9.47 Å². The van der Waals surface area contributed by atoms with Crippen LogP contribution in [0, 0.1) is 0 Å². The standard InChI is InChI=1S/C17H17NO3.C6H5Br/c1-20-15-9-18-10-16-17(15)13(14(19)11-21-16)8-7-12-5-3-2-4-6-12;7-6-4-2-1-3-5-6/h2-6,9-10,13H,7-8,11H2,1H3;1-5H/t13-;/m1./s1. The molecule has 4 nitrogen and oxygen atoms in total.